The number of aliphatic hydroxyl groups excluding tert-OH is 1. The summed E-state index contributed by atoms with van der Waals surface area (Å²) in [4.78, 5) is 4.42. The van der Waals surface area contributed by atoms with Crippen molar-refractivity contribution in [3.8, 4) is 11.4 Å². The Morgan fingerprint density at radius 1 is 1.31 bits per heavy atom. The standard InChI is InChI=1S/C13H16N2O/c1-10-5-3-4-6-12(10)13-14-9-11(7-8-16)15(13)2/h3-6,9,16H,7-8H2,1-2H3. The molecule has 0 spiro atoms. The predicted molar refractivity (Wildman–Crippen MR) is 64.2 cm³/mol. The number of rotatable bonds is 3. The van der Waals surface area contributed by atoms with Gasteiger partial charge >= 0.3 is 0 Å². The lowest BCUT2D eigenvalue weighted by Crippen LogP contribution is -2.01. The van der Waals surface area contributed by atoms with E-state index in [1.54, 1.807) is 0 Å². The summed E-state index contributed by atoms with van der Waals surface area (Å²) >= 11 is 0. The first-order chi connectivity index (χ1) is 7.74. The molecule has 0 bridgehead atoms. The monoisotopic (exact) mass is 216 g/mol. The molecule has 0 unspecified atom stereocenters. The average molecular weight is 216 g/mol. The van der Waals surface area contributed by atoms with Crippen LogP contribution in [0.2, 0.25) is 0 Å². The smallest absolute Gasteiger partial charge is 0.140 e. The molecule has 3 nitrogen and oxygen atoms in total. The number of aliphatic hydroxyl groups is 1. The van der Waals surface area contributed by atoms with Crippen LogP contribution in [-0.4, -0.2) is 21.3 Å². The summed E-state index contributed by atoms with van der Waals surface area (Å²) < 4.78 is 2.04. The number of aromatic nitrogens is 2. The highest BCUT2D eigenvalue weighted by atomic mass is 16.3. The third-order valence-corrected chi connectivity index (χ3v) is 2.84. The Kier molecular flexibility index (Phi) is 3.06. The van der Waals surface area contributed by atoms with Crippen molar-refractivity contribution in [2.45, 2.75) is 13.3 Å². The van der Waals surface area contributed by atoms with E-state index in [0.717, 1.165) is 17.1 Å². The number of aryl methyl sites for hydroxylation is 1. The fraction of sp³-hybridized carbons (Fsp3) is 0.308. The van der Waals surface area contributed by atoms with E-state index in [4.69, 9.17) is 5.11 Å². The molecule has 0 aliphatic carbocycles. The Morgan fingerprint density at radius 3 is 2.75 bits per heavy atom. The largest absolute Gasteiger partial charge is 0.396 e. The SMILES string of the molecule is Cc1ccccc1-c1ncc(CCO)n1C. The molecular formula is C13H16N2O. The van der Waals surface area contributed by atoms with Crippen molar-refractivity contribution in [1.29, 1.82) is 0 Å². The average Bonchev–Trinajstić information content (AvgIpc) is 2.62. The molecule has 0 radical (unpaired) electrons. The van der Waals surface area contributed by atoms with Gasteiger partial charge in [-0.25, -0.2) is 4.98 Å². The second-order valence-electron chi connectivity index (χ2n) is 3.92. The van der Waals surface area contributed by atoms with Crippen molar-refractivity contribution < 1.29 is 5.11 Å². The van der Waals surface area contributed by atoms with Crippen LogP contribution in [0.15, 0.2) is 30.5 Å². The maximum absolute atomic E-state index is 8.94. The van der Waals surface area contributed by atoms with Crippen LogP contribution in [0, 0.1) is 6.92 Å². The lowest BCUT2D eigenvalue weighted by molar-refractivity contribution is 0.297. The van der Waals surface area contributed by atoms with Gasteiger partial charge in [-0.3, -0.25) is 0 Å². The van der Waals surface area contributed by atoms with Gasteiger partial charge in [0.25, 0.3) is 0 Å². The first-order valence-electron chi connectivity index (χ1n) is 5.41. The molecule has 16 heavy (non-hydrogen) atoms. The molecule has 3 heteroatoms. The number of hydrogen-bond donors (Lipinski definition) is 1. The zero-order valence-corrected chi connectivity index (χ0v) is 9.64. The Morgan fingerprint density at radius 2 is 2.06 bits per heavy atom. The minimum Gasteiger partial charge on any atom is -0.396 e. The quantitative estimate of drug-likeness (QED) is 0.851. The van der Waals surface area contributed by atoms with E-state index in [-0.39, 0.29) is 6.61 Å². The molecular weight excluding hydrogens is 200 g/mol. The van der Waals surface area contributed by atoms with E-state index in [1.165, 1.54) is 5.56 Å². The molecule has 2 rings (SSSR count). The van der Waals surface area contributed by atoms with Crippen molar-refractivity contribution in [2.75, 3.05) is 6.61 Å². The molecule has 0 amide bonds. The molecule has 1 heterocycles. The molecule has 1 aromatic carbocycles. The molecule has 0 saturated carbocycles. The fourth-order valence-electron chi connectivity index (χ4n) is 1.87. The predicted octanol–water partition coefficient (Wildman–Crippen LogP) is 1.93. The van der Waals surface area contributed by atoms with Gasteiger partial charge in [0.15, 0.2) is 0 Å². The summed E-state index contributed by atoms with van der Waals surface area (Å²) in [6.07, 6.45) is 2.48. The van der Waals surface area contributed by atoms with Gasteiger partial charge in [-0.05, 0) is 12.5 Å². The summed E-state index contributed by atoms with van der Waals surface area (Å²) in [5, 5.41) is 8.94. The molecule has 0 aliphatic rings. The summed E-state index contributed by atoms with van der Waals surface area (Å²) in [6, 6.07) is 8.19. The van der Waals surface area contributed by atoms with E-state index in [9.17, 15) is 0 Å². The van der Waals surface area contributed by atoms with E-state index in [0.29, 0.717) is 6.42 Å². The molecule has 0 fully saturated rings. The Balaban J connectivity index is 2.45. The summed E-state index contributed by atoms with van der Waals surface area (Å²) in [6.45, 7) is 2.24. The lowest BCUT2D eigenvalue weighted by Gasteiger charge is -2.07. The third-order valence-electron chi connectivity index (χ3n) is 2.84. The zero-order chi connectivity index (χ0) is 11.5. The van der Waals surface area contributed by atoms with Crippen LogP contribution in [0.1, 0.15) is 11.3 Å². The zero-order valence-electron chi connectivity index (χ0n) is 9.64. The first kappa shape index (κ1) is 10.9. The van der Waals surface area contributed by atoms with Crippen LogP contribution < -0.4 is 0 Å². The van der Waals surface area contributed by atoms with Crippen molar-refractivity contribution >= 4 is 0 Å². The first-order valence-corrected chi connectivity index (χ1v) is 5.41. The maximum Gasteiger partial charge on any atom is 0.140 e. The minimum atomic E-state index is 0.159. The van der Waals surface area contributed by atoms with Crippen LogP contribution in [0.5, 0.6) is 0 Å². The van der Waals surface area contributed by atoms with Gasteiger partial charge < -0.3 is 9.67 Å². The normalized spacial score (nSPS) is 10.7. The van der Waals surface area contributed by atoms with E-state index < -0.39 is 0 Å². The van der Waals surface area contributed by atoms with Crippen LogP contribution >= 0.6 is 0 Å². The second-order valence-corrected chi connectivity index (χ2v) is 3.92. The Hall–Kier alpha value is -1.61. The Bertz CT molecular complexity index is 488. The molecule has 1 N–H and O–H groups in total. The summed E-state index contributed by atoms with van der Waals surface area (Å²) in [7, 11) is 1.99. The van der Waals surface area contributed by atoms with Gasteiger partial charge in [0.05, 0.1) is 0 Å². The number of benzene rings is 1. The topological polar surface area (TPSA) is 38.1 Å². The second kappa shape index (κ2) is 4.49. The van der Waals surface area contributed by atoms with Gasteiger partial charge in [-0.2, -0.15) is 0 Å². The summed E-state index contributed by atoms with van der Waals surface area (Å²) in [5.41, 5.74) is 3.42. The highest BCUT2D eigenvalue weighted by Crippen LogP contribution is 2.22. The van der Waals surface area contributed by atoms with Gasteiger partial charge in [0.2, 0.25) is 0 Å². The van der Waals surface area contributed by atoms with Crippen molar-refractivity contribution in [3.63, 3.8) is 0 Å². The van der Waals surface area contributed by atoms with E-state index >= 15 is 0 Å². The fourth-order valence-corrected chi connectivity index (χ4v) is 1.87. The van der Waals surface area contributed by atoms with Crippen LogP contribution in [-0.2, 0) is 13.5 Å². The van der Waals surface area contributed by atoms with Crippen LogP contribution in [0.4, 0.5) is 0 Å². The summed E-state index contributed by atoms with van der Waals surface area (Å²) in [5.74, 6) is 0.960. The number of hydrogen-bond acceptors (Lipinski definition) is 2. The van der Waals surface area contributed by atoms with Gasteiger partial charge in [0, 0.05) is 37.5 Å². The molecule has 2 aromatic rings. The van der Waals surface area contributed by atoms with Crippen LogP contribution in [0.3, 0.4) is 0 Å². The highest BCUT2D eigenvalue weighted by molar-refractivity contribution is 5.60. The molecule has 0 aliphatic heterocycles. The van der Waals surface area contributed by atoms with Gasteiger partial charge in [0.1, 0.15) is 5.82 Å². The maximum atomic E-state index is 8.94. The number of imidazole rings is 1. The number of nitrogens with zero attached hydrogens (tertiary/aromatic N) is 2. The molecule has 0 saturated heterocycles. The van der Waals surface area contributed by atoms with Crippen molar-refractivity contribution in [2.24, 2.45) is 7.05 Å². The van der Waals surface area contributed by atoms with E-state index in [1.807, 2.05) is 29.9 Å². The van der Waals surface area contributed by atoms with Gasteiger partial charge in [-0.15, -0.1) is 0 Å². The van der Waals surface area contributed by atoms with Crippen molar-refractivity contribution in [3.05, 3.63) is 41.7 Å². The van der Waals surface area contributed by atoms with Crippen molar-refractivity contribution in [1.82, 2.24) is 9.55 Å². The van der Waals surface area contributed by atoms with Crippen LogP contribution in [0.25, 0.3) is 11.4 Å². The minimum absolute atomic E-state index is 0.159. The van der Waals surface area contributed by atoms with Gasteiger partial charge in [-0.1, -0.05) is 24.3 Å². The Labute approximate surface area is 95.4 Å². The molecule has 1 aromatic heterocycles. The highest BCUT2D eigenvalue weighted by Gasteiger charge is 2.09. The molecule has 84 valence electrons. The van der Waals surface area contributed by atoms with E-state index in [2.05, 4.69) is 24.0 Å². The molecule has 0 atom stereocenters. The third kappa shape index (κ3) is 1.86. The lowest BCUT2D eigenvalue weighted by atomic mass is 10.1.